The molecule has 1 atom stereocenters. The smallest absolute Gasteiger partial charge is 0.409 e. The van der Waals surface area contributed by atoms with E-state index in [1.54, 1.807) is 11.8 Å². The number of amides is 2. The molecule has 21 heavy (non-hydrogen) atoms. The number of carbonyl (C=O) groups excluding carboxylic acids is 2. The minimum atomic E-state index is -3.42. The zero-order valence-electron chi connectivity index (χ0n) is 12.7. The highest BCUT2D eigenvalue weighted by Gasteiger charge is 2.28. The topological polar surface area (TPSA) is 96.0 Å². The van der Waals surface area contributed by atoms with E-state index in [4.69, 9.17) is 4.74 Å². The summed E-state index contributed by atoms with van der Waals surface area (Å²) in [7, 11) is -3.42. The molecule has 0 aromatic heterocycles. The molecular formula is C12H23N3O5S. The van der Waals surface area contributed by atoms with Crippen LogP contribution in [0.25, 0.3) is 0 Å². The van der Waals surface area contributed by atoms with Crippen LogP contribution < -0.4 is 4.72 Å². The molecule has 8 nitrogen and oxygen atoms in total. The second-order valence-corrected chi connectivity index (χ2v) is 6.80. The van der Waals surface area contributed by atoms with Crippen molar-refractivity contribution in [1.82, 2.24) is 14.5 Å². The van der Waals surface area contributed by atoms with Crippen LogP contribution in [0.15, 0.2) is 0 Å². The molecule has 0 bridgehead atoms. The van der Waals surface area contributed by atoms with Gasteiger partial charge in [-0.3, -0.25) is 4.79 Å². The van der Waals surface area contributed by atoms with Crippen molar-refractivity contribution in [3.63, 3.8) is 0 Å². The van der Waals surface area contributed by atoms with E-state index in [9.17, 15) is 18.0 Å². The standard InChI is InChI=1S/C12H23N3O5S/c1-4-20-12(17)15-8-6-14(7-9-15)11(16)10(3)13-21(18,19)5-2/h10,13H,4-9H2,1-3H3/t10-/m1/s1. The van der Waals surface area contributed by atoms with Crippen molar-refractivity contribution in [1.29, 1.82) is 0 Å². The Morgan fingerprint density at radius 3 is 2.14 bits per heavy atom. The summed E-state index contributed by atoms with van der Waals surface area (Å²) in [6.45, 7) is 6.60. The van der Waals surface area contributed by atoms with Gasteiger partial charge in [-0.05, 0) is 20.8 Å². The van der Waals surface area contributed by atoms with Crippen LogP contribution in [-0.2, 0) is 19.6 Å². The first-order valence-electron chi connectivity index (χ1n) is 7.01. The first-order valence-corrected chi connectivity index (χ1v) is 8.66. The average molecular weight is 321 g/mol. The Hall–Kier alpha value is -1.35. The zero-order valence-corrected chi connectivity index (χ0v) is 13.5. The van der Waals surface area contributed by atoms with Gasteiger partial charge in [0.2, 0.25) is 15.9 Å². The van der Waals surface area contributed by atoms with Crippen molar-refractivity contribution in [3.05, 3.63) is 0 Å². The van der Waals surface area contributed by atoms with Crippen LogP contribution in [-0.4, -0.2) is 74.8 Å². The molecule has 1 aliphatic rings. The zero-order chi connectivity index (χ0) is 16.0. The Bertz CT molecular complexity index is 471. The molecule has 1 fully saturated rings. The fourth-order valence-corrected chi connectivity index (χ4v) is 2.81. The Balaban J connectivity index is 2.50. The molecule has 1 heterocycles. The quantitative estimate of drug-likeness (QED) is 0.744. The first kappa shape index (κ1) is 17.7. The molecule has 9 heteroatoms. The minimum Gasteiger partial charge on any atom is -0.450 e. The molecule has 1 aliphatic heterocycles. The molecule has 1 saturated heterocycles. The van der Waals surface area contributed by atoms with Gasteiger partial charge in [-0.25, -0.2) is 17.9 Å². The number of rotatable bonds is 5. The summed E-state index contributed by atoms with van der Waals surface area (Å²) in [4.78, 5) is 26.8. The van der Waals surface area contributed by atoms with E-state index in [1.165, 1.54) is 18.7 Å². The lowest BCUT2D eigenvalue weighted by Crippen LogP contribution is -2.55. The van der Waals surface area contributed by atoms with Crippen LogP contribution in [0.5, 0.6) is 0 Å². The minimum absolute atomic E-state index is 0.0682. The van der Waals surface area contributed by atoms with Crippen molar-refractivity contribution < 1.29 is 22.7 Å². The average Bonchev–Trinajstić information content (AvgIpc) is 2.46. The molecule has 0 spiro atoms. The SMILES string of the molecule is CCOC(=O)N1CCN(C(=O)[C@@H](C)NS(=O)(=O)CC)CC1. The summed E-state index contributed by atoms with van der Waals surface area (Å²) >= 11 is 0. The number of hydrogen-bond donors (Lipinski definition) is 1. The van der Waals surface area contributed by atoms with Crippen LogP contribution >= 0.6 is 0 Å². The van der Waals surface area contributed by atoms with Gasteiger partial charge >= 0.3 is 6.09 Å². The van der Waals surface area contributed by atoms with Gasteiger partial charge in [0.25, 0.3) is 0 Å². The molecule has 0 aromatic carbocycles. The number of nitrogens with zero attached hydrogens (tertiary/aromatic N) is 2. The lowest BCUT2D eigenvalue weighted by molar-refractivity contribution is -0.134. The molecule has 0 unspecified atom stereocenters. The van der Waals surface area contributed by atoms with Gasteiger partial charge in [0.1, 0.15) is 0 Å². The van der Waals surface area contributed by atoms with Gasteiger partial charge in [0.15, 0.2) is 0 Å². The third kappa shape index (κ3) is 5.16. The van der Waals surface area contributed by atoms with E-state index in [-0.39, 0.29) is 17.8 Å². The number of nitrogens with one attached hydrogen (secondary N) is 1. The predicted molar refractivity (Wildman–Crippen MR) is 77.2 cm³/mol. The van der Waals surface area contributed by atoms with Gasteiger partial charge < -0.3 is 14.5 Å². The second kappa shape index (κ2) is 7.60. The molecular weight excluding hydrogens is 298 g/mol. The fraction of sp³-hybridized carbons (Fsp3) is 0.833. The molecule has 122 valence electrons. The van der Waals surface area contributed by atoms with Crippen molar-refractivity contribution in [2.45, 2.75) is 26.8 Å². The van der Waals surface area contributed by atoms with Crippen LogP contribution in [0.3, 0.4) is 0 Å². The first-order chi connectivity index (χ1) is 9.80. The summed E-state index contributed by atoms with van der Waals surface area (Å²) in [5, 5.41) is 0. The number of hydrogen-bond acceptors (Lipinski definition) is 5. The number of sulfonamides is 1. The molecule has 0 radical (unpaired) electrons. The summed E-state index contributed by atoms with van der Waals surface area (Å²) in [5.41, 5.74) is 0. The third-order valence-electron chi connectivity index (χ3n) is 3.22. The van der Waals surface area contributed by atoms with Gasteiger partial charge in [-0.15, -0.1) is 0 Å². The highest BCUT2D eigenvalue weighted by molar-refractivity contribution is 7.89. The van der Waals surface area contributed by atoms with Crippen LogP contribution in [0, 0.1) is 0 Å². The van der Waals surface area contributed by atoms with Gasteiger partial charge in [0.05, 0.1) is 18.4 Å². The Kier molecular flexibility index (Phi) is 6.41. The summed E-state index contributed by atoms with van der Waals surface area (Å²) in [5.74, 6) is -0.350. The summed E-state index contributed by atoms with van der Waals surface area (Å²) in [6.07, 6.45) is -0.385. The maximum absolute atomic E-state index is 12.2. The van der Waals surface area contributed by atoms with E-state index in [0.717, 1.165) is 0 Å². The van der Waals surface area contributed by atoms with Crippen LogP contribution in [0.1, 0.15) is 20.8 Å². The molecule has 1 rings (SSSR count). The summed E-state index contributed by atoms with van der Waals surface area (Å²) < 4.78 is 30.1. The molecule has 0 aliphatic carbocycles. The van der Waals surface area contributed by atoms with Crippen LogP contribution in [0.4, 0.5) is 4.79 Å². The van der Waals surface area contributed by atoms with Crippen molar-refractivity contribution >= 4 is 22.0 Å². The van der Waals surface area contributed by atoms with E-state index >= 15 is 0 Å². The predicted octanol–water partition coefficient (Wildman–Crippen LogP) is -0.385. The summed E-state index contributed by atoms with van der Waals surface area (Å²) in [6, 6.07) is -0.802. The highest BCUT2D eigenvalue weighted by Crippen LogP contribution is 2.06. The van der Waals surface area contributed by atoms with Crippen molar-refractivity contribution in [2.24, 2.45) is 0 Å². The maximum atomic E-state index is 12.2. The number of ether oxygens (including phenoxy) is 1. The highest BCUT2D eigenvalue weighted by atomic mass is 32.2. The van der Waals surface area contributed by atoms with E-state index in [0.29, 0.717) is 32.8 Å². The Morgan fingerprint density at radius 1 is 1.14 bits per heavy atom. The van der Waals surface area contributed by atoms with Crippen molar-refractivity contribution in [3.8, 4) is 0 Å². The molecule has 2 amide bonds. The van der Waals surface area contributed by atoms with E-state index in [2.05, 4.69) is 4.72 Å². The maximum Gasteiger partial charge on any atom is 0.409 e. The van der Waals surface area contributed by atoms with E-state index < -0.39 is 16.1 Å². The third-order valence-corrected chi connectivity index (χ3v) is 4.70. The fourth-order valence-electron chi connectivity index (χ4n) is 2.00. The second-order valence-electron chi connectivity index (χ2n) is 4.75. The Labute approximate surface area is 125 Å². The number of piperazine rings is 1. The lowest BCUT2D eigenvalue weighted by atomic mass is 10.2. The van der Waals surface area contributed by atoms with Crippen molar-refractivity contribution in [2.75, 3.05) is 38.5 Å². The lowest BCUT2D eigenvalue weighted by Gasteiger charge is -2.35. The van der Waals surface area contributed by atoms with Crippen LogP contribution in [0.2, 0.25) is 0 Å². The van der Waals surface area contributed by atoms with Gasteiger partial charge in [-0.1, -0.05) is 0 Å². The monoisotopic (exact) mass is 321 g/mol. The number of carbonyl (C=O) groups is 2. The molecule has 1 N–H and O–H groups in total. The van der Waals surface area contributed by atoms with Gasteiger partial charge in [-0.2, -0.15) is 0 Å². The molecule has 0 aromatic rings. The van der Waals surface area contributed by atoms with E-state index in [1.807, 2.05) is 0 Å². The van der Waals surface area contributed by atoms with Gasteiger partial charge in [0, 0.05) is 26.2 Å². The largest absolute Gasteiger partial charge is 0.450 e. The Morgan fingerprint density at radius 2 is 1.67 bits per heavy atom. The molecule has 0 saturated carbocycles. The normalized spacial score (nSPS) is 17.5.